The van der Waals surface area contributed by atoms with E-state index in [1.807, 2.05) is 18.2 Å². The van der Waals surface area contributed by atoms with Gasteiger partial charge in [-0.25, -0.2) is 0 Å². The molecule has 0 aliphatic heterocycles. The molecule has 50 valence electrons. The third-order valence-corrected chi connectivity index (χ3v) is 2.61. The van der Waals surface area contributed by atoms with Gasteiger partial charge in [0.2, 0.25) is 0 Å². The summed E-state index contributed by atoms with van der Waals surface area (Å²) in [6, 6.07) is 5.88. The SMILES string of the molecule is C#Cc1ccc(P)c(P)c1. The highest BCUT2D eigenvalue weighted by Gasteiger charge is 1.91. The Morgan fingerprint density at radius 3 is 2.40 bits per heavy atom. The predicted octanol–water partition coefficient (Wildman–Crippen LogP) is 0.669. The zero-order chi connectivity index (χ0) is 7.56. The molecule has 1 aromatic carbocycles. The van der Waals surface area contributed by atoms with Crippen molar-refractivity contribution in [2.45, 2.75) is 0 Å². The molecule has 0 N–H and O–H groups in total. The summed E-state index contributed by atoms with van der Waals surface area (Å²) >= 11 is 0. The van der Waals surface area contributed by atoms with Gasteiger partial charge in [0.1, 0.15) is 0 Å². The fourth-order valence-electron chi connectivity index (χ4n) is 0.665. The van der Waals surface area contributed by atoms with Crippen molar-refractivity contribution in [2.75, 3.05) is 0 Å². The molecule has 0 bridgehead atoms. The first-order valence-corrected chi connectivity index (χ1v) is 4.01. The lowest BCUT2D eigenvalue weighted by Gasteiger charge is -1.97. The molecule has 0 spiro atoms. The average Bonchev–Trinajstić information content (AvgIpc) is 1.95. The Morgan fingerprint density at radius 2 is 1.90 bits per heavy atom. The number of hydrogen-bond donors (Lipinski definition) is 0. The van der Waals surface area contributed by atoms with Gasteiger partial charge in [0.05, 0.1) is 0 Å². The van der Waals surface area contributed by atoms with E-state index in [-0.39, 0.29) is 0 Å². The second-order valence-corrected chi connectivity index (χ2v) is 3.23. The molecule has 2 unspecified atom stereocenters. The van der Waals surface area contributed by atoms with Crippen LogP contribution in [0.1, 0.15) is 5.56 Å². The van der Waals surface area contributed by atoms with Crippen molar-refractivity contribution in [3.8, 4) is 12.3 Å². The molecule has 0 amide bonds. The third-order valence-electron chi connectivity index (χ3n) is 1.25. The summed E-state index contributed by atoms with van der Waals surface area (Å²) in [6.45, 7) is 0. The van der Waals surface area contributed by atoms with Gasteiger partial charge in [-0.1, -0.05) is 12.0 Å². The van der Waals surface area contributed by atoms with Gasteiger partial charge in [-0.2, -0.15) is 0 Å². The van der Waals surface area contributed by atoms with Crippen LogP contribution in [-0.4, -0.2) is 0 Å². The molecule has 0 aliphatic rings. The van der Waals surface area contributed by atoms with E-state index in [4.69, 9.17) is 6.42 Å². The Labute approximate surface area is 65.8 Å². The van der Waals surface area contributed by atoms with E-state index in [1.165, 1.54) is 5.30 Å². The van der Waals surface area contributed by atoms with E-state index in [0.29, 0.717) is 0 Å². The van der Waals surface area contributed by atoms with Gasteiger partial charge in [0.25, 0.3) is 0 Å². The summed E-state index contributed by atoms with van der Waals surface area (Å²) in [4.78, 5) is 0. The van der Waals surface area contributed by atoms with Crippen LogP contribution in [0.2, 0.25) is 0 Å². The summed E-state index contributed by atoms with van der Waals surface area (Å²) in [5.41, 5.74) is 0.927. The van der Waals surface area contributed by atoms with Gasteiger partial charge in [-0.05, 0) is 22.7 Å². The maximum atomic E-state index is 5.20. The van der Waals surface area contributed by atoms with Crippen molar-refractivity contribution < 1.29 is 0 Å². The van der Waals surface area contributed by atoms with Crippen molar-refractivity contribution in [1.29, 1.82) is 0 Å². The molecule has 0 radical (unpaired) electrons. The van der Waals surface area contributed by atoms with Crippen LogP contribution >= 0.6 is 18.5 Å². The highest BCUT2D eigenvalue weighted by Crippen LogP contribution is 1.97. The minimum absolute atomic E-state index is 0.927. The molecule has 2 atom stereocenters. The van der Waals surface area contributed by atoms with Gasteiger partial charge in [-0.3, -0.25) is 0 Å². The number of rotatable bonds is 0. The van der Waals surface area contributed by atoms with E-state index in [0.717, 1.165) is 10.9 Å². The minimum atomic E-state index is 0.927. The molecule has 0 saturated heterocycles. The highest BCUT2D eigenvalue weighted by molar-refractivity contribution is 7.35. The molecule has 0 fully saturated rings. The monoisotopic (exact) mass is 166 g/mol. The maximum Gasteiger partial charge on any atom is 0.0249 e. The Balaban J connectivity index is 3.20. The van der Waals surface area contributed by atoms with Crippen LogP contribution in [0.4, 0.5) is 0 Å². The number of benzene rings is 1. The molecule has 2 heteroatoms. The van der Waals surface area contributed by atoms with Crippen LogP contribution in [-0.2, 0) is 0 Å². The zero-order valence-electron chi connectivity index (χ0n) is 5.46. The van der Waals surface area contributed by atoms with Crippen LogP contribution in [0, 0.1) is 12.3 Å². The minimum Gasteiger partial charge on any atom is -0.115 e. The van der Waals surface area contributed by atoms with Gasteiger partial charge in [-0.15, -0.1) is 24.9 Å². The second kappa shape index (κ2) is 3.16. The Hall–Kier alpha value is -0.360. The largest absolute Gasteiger partial charge is 0.115 e. The predicted molar refractivity (Wildman–Crippen MR) is 53.1 cm³/mol. The summed E-state index contributed by atoms with van der Waals surface area (Å²) in [5, 5.41) is 2.31. The second-order valence-electron chi connectivity index (χ2n) is 1.99. The summed E-state index contributed by atoms with van der Waals surface area (Å²) in [6.07, 6.45) is 5.20. The van der Waals surface area contributed by atoms with E-state index in [2.05, 4.69) is 24.4 Å². The third kappa shape index (κ3) is 1.57. The molecular weight excluding hydrogens is 158 g/mol. The van der Waals surface area contributed by atoms with Gasteiger partial charge >= 0.3 is 0 Å². The Kier molecular flexibility index (Phi) is 2.44. The van der Waals surface area contributed by atoms with Crippen molar-refractivity contribution in [2.24, 2.45) is 0 Å². The first kappa shape index (κ1) is 7.74. The van der Waals surface area contributed by atoms with Gasteiger partial charge in [0.15, 0.2) is 0 Å². The van der Waals surface area contributed by atoms with Crippen LogP contribution < -0.4 is 10.6 Å². The number of hydrogen-bond acceptors (Lipinski definition) is 0. The Bertz CT molecular complexity index is 284. The topological polar surface area (TPSA) is 0 Å². The fraction of sp³-hybridized carbons (Fsp3) is 0. The lowest BCUT2D eigenvalue weighted by Crippen LogP contribution is -2.10. The van der Waals surface area contributed by atoms with Gasteiger partial charge < -0.3 is 0 Å². The molecule has 10 heavy (non-hydrogen) atoms. The molecule has 0 heterocycles. The summed E-state index contributed by atoms with van der Waals surface area (Å²) < 4.78 is 0. The van der Waals surface area contributed by atoms with E-state index >= 15 is 0 Å². The van der Waals surface area contributed by atoms with Crippen LogP contribution in [0.5, 0.6) is 0 Å². The van der Waals surface area contributed by atoms with Crippen LogP contribution in [0.25, 0.3) is 0 Å². The first-order valence-electron chi connectivity index (χ1n) is 2.85. The van der Waals surface area contributed by atoms with Crippen LogP contribution in [0.3, 0.4) is 0 Å². The first-order chi connectivity index (χ1) is 4.74. The average molecular weight is 166 g/mol. The smallest absolute Gasteiger partial charge is 0.0249 e. The molecule has 1 rings (SSSR count). The highest BCUT2D eigenvalue weighted by atomic mass is 31.0. The quantitative estimate of drug-likeness (QED) is 0.392. The van der Waals surface area contributed by atoms with Crippen molar-refractivity contribution in [1.82, 2.24) is 0 Å². The molecule has 0 saturated carbocycles. The van der Waals surface area contributed by atoms with E-state index in [1.54, 1.807) is 0 Å². The molecule has 0 aromatic heterocycles. The van der Waals surface area contributed by atoms with E-state index in [9.17, 15) is 0 Å². The van der Waals surface area contributed by atoms with Gasteiger partial charge in [0, 0.05) is 5.56 Å². The molecule has 0 aliphatic carbocycles. The lowest BCUT2D eigenvalue weighted by molar-refractivity contribution is 1.74. The Morgan fingerprint density at radius 1 is 1.20 bits per heavy atom. The molecular formula is C8H8P2. The maximum absolute atomic E-state index is 5.20. The fourth-order valence-corrected chi connectivity index (χ4v) is 1.12. The zero-order valence-corrected chi connectivity index (χ0v) is 7.77. The van der Waals surface area contributed by atoms with Crippen molar-refractivity contribution in [3.63, 3.8) is 0 Å². The number of terminal acetylenes is 1. The summed E-state index contributed by atoms with van der Waals surface area (Å²) in [7, 11) is 5.27. The normalized spacial score (nSPS) is 8.90. The van der Waals surface area contributed by atoms with Crippen LogP contribution in [0.15, 0.2) is 18.2 Å². The molecule has 0 nitrogen and oxygen atoms in total. The summed E-state index contributed by atoms with van der Waals surface area (Å²) in [5.74, 6) is 2.57. The van der Waals surface area contributed by atoms with Crippen molar-refractivity contribution >= 4 is 29.1 Å². The van der Waals surface area contributed by atoms with Crippen molar-refractivity contribution in [3.05, 3.63) is 23.8 Å². The van der Waals surface area contributed by atoms with E-state index < -0.39 is 0 Å². The lowest BCUT2D eigenvalue weighted by atomic mass is 10.2. The molecule has 1 aromatic rings. The standard InChI is InChI=1S/C8H8P2/c1-2-6-3-4-7(9)8(10)5-6/h1,3-5H,9-10H2.